The fourth-order valence-electron chi connectivity index (χ4n) is 3.08. The summed E-state index contributed by atoms with van der Waals surface area (Å²) in [5.41, 5.74) is 1.96. The molecule has 0 unspecified atom stereocenters. The smallest absolute Gasteiger partial charge is 0.406 e. The normalized spacial score (nSPS) is 18.8. The van der Waals surface area contributed by atoms with Gasteiger partial charge in [0.15, 0.2) is 0 Å². The molecular weight excluding hydrogens is 357 g/mol. The van der Waals surface area contributed by atoms with Crippen LogP contribution in [0.2, 0.25) is 0 Å². The van der Waals surface area contributed by atoms with Crippen molar-refractivity contribution in [1.82, 2.24) is 8.87 Å². The Bertz CT molecular complexity index is 873. The Hall–Kier alpha value is -2.00. The molecule has 0 bridgehead atoms. The van der Waals surface area contributed by atoms with Crippen LogP contribution in [0, 0.1) is 6.92 Å². The molecule has 0 saturated carbocycles. The second kappa shape index (κ2) is 6.06. The van der Waals surface area contributed by atoms with Gasteiger partial charge in [-0.3, -0.25) is 0 Å². The fourth-order valence-corrected chi connectivity index (χ4v) is 4.67. The maximum absolute atomic E-state index is 12.9. The third kappa shape index (κ3) is 3.38. The first-order chi connectivity index (χ1) is 11.6. The predicted octanol–water partition coefficient (Wildman–Crippen LogP) is 3.46. The highest BCUT2D eigenvalue weighted by Crippen LogP contribution is 2.33. The summed E-state index contributed by atoms with van der Waals surface area (Å²) in [7, 11) is -3.82. The highest BCUT2D eigenvalue weighted by Gasteiger charge is 2.35. The second-order valence-electron chi connectivity index (χ2n) is 5.86. The van der Waals surface area contributed by atoms with Crippen LogP contribution in [0.3, 0.4) is 0 Å². The number of benzene rings is 1. The molecule has 1 aromatic carbocycles. The minimum absolute atomic E-state index is 0.0643. The standard InChI is InChI=1S/C16H17F3N2O3S/c1-11-3-8-15-12(2)21(10-9-20(11)15)25(22,23)14-6-4-13(5-7-14)24-16(17,18)19/h3-8,12H,9-10H2,1-2H3/t12-/m0/s1. The molecule has 9 heteroatoms. The molecule has 1 atom stereocenters. The summed E-state index contributed by atoms with van der Waals surface area (Å²) < 4.78 is 69.6. The van der Waals surface area contributed by atoms with E-state index in [1.165, 1.54) is 4.31 Å². The van der Waals surface area contributed by atoms with Gasteiger partial charge < -0.3 is 9.30 Å². The van der Waals surface area contributed by atoms with Gasteiger partial charge in [0.1, 0.15) is 5.75 Å². The molecule has 5 nitrogen and oxygen atoms in total. The Morgan fingerprint density at radius 3 is 2.32 bits per heavy atom. The summed E-state index contributed by atoms with van der Waals surface area (Å²) in [6.45, 7) is 4.59. The maximum atomic E-state index is 12.9. The van der Waals surface area contributed by atoms with Crippen LogP contribution in [-0.4, -0.2) is 30.2 Å². The number of rotatable bonds is 3. The van der Waals surface area contributed by atoms with E-state index in [0.29, 0.717) is 13.1 Å². The molecule has 136 valence electrons. The van der Waals surface area contributed by atoms with Gasteiger partial charge in [0, 0.05) is 24.5 Å². The molecule has 2 heterocycles. The van der Waals surface area contributed by atoms with Crippen molar-refractivity contribution in [2.24, 2.45) is 0 Å². The number of sulfonamides is 1. The summed E-state index contributed by atoms with van der Waals surface area (Å²) >= 11 is 0. The van der Waals surface area contributed by atoms with E-state index >= 15 is 0 Å². The SMILES string of the molecule is Cc1ccc2n1CCN(S(=O)(=O)c1ccc(OC(F)(F)F)cc1)[C@H]2C. The number of aryl methyl sites for hydroxylation is 1. The van der Waals surface area contributed by atoms with Crippen LogP contribution in [0.4, 0.5) is 13.2 Å². The van der Waals surface area contributed by atoms with Gasteiger partial charge >= 0.3 is 6.36 Å². The van der Waals surface area contributed by atoms with Gasteiger partial charge in [-0.15, -0.1) is 13.2 Å². The van der Waals surface area contributed by atoms with Gasteiger partial charge in [0.2, 0.25) is 10.0 Å². The van der Waals surface area contributed by atoms with Gasteiger partial charge in [-0.25, -0.2) is 8.42 Å². The highest BCUT2D eigenvalue weighted by molar-refractivity contribution is 7.89. The van der Waals surface area contributed by atoms with Crippen LogP contribution < -0.4 is 4.74 Å². The van der Waals surface area contributed by atoms with Crippen molar-refractivity contribution in [2.45, 2.75) is 37.7 Å². The monoisotopic (exact) mass is 374 g/mol. The molecule has 0 aliphatic carbocycles. The fraction of sp³-hybridized carbons (Fsp3) is 0.375. The third-order valence-electron chi connectivity index (χ3n) is 4.30. The van der Waals surface area contributed by atoms with Crippen molar-refractivity contribution in [3.05, 3.63) is 47.8 Å². The Labute approximate surface area is 143 Å². The van der Waals surface area contributed by atoms with Gasteiger partial charge in [0.25, 0.3) is 0 Å². The van der Waals surface area contributed by atoms with E-state index in [0.717, 1.165) is 35.7 Å². The van der Waals surface area contributed by atoms with Crippen molar-refractivity contribution >= 4 is 10.0 Å². The molecule has 1 aromatic heterocycles. The van der Waals surface area contributed by atoms with Crippen molar-refractivity contribution in [2.75, 3.05) is 6.54 Å². The van der Waals surface area contributed by atoms with Crippen LogP contribution >= 0.6 is 0 Å². The van der Waals surface area contributed by atoms with Crippen LogP contribution in [0.25, 0.3) is 0 Å². The van der Waals surface area contributed by atoms with Crippen molar-refractivity contribution in [3.63, 3.8) is 0 Å². The van der Waals surface area contributed by atoms with Crippen LogP contribution in [0.1, 0.15) is 24.4 Å². The largest absolute Gasteiger partial charge is 0.573 e. The summed E-state index contributed by atoms with van der Waals surface area (Å²) in [4.78, 5) is -0.0643. The number of fused-ring (bicyclic) bond motifs is 1. The van der Waals surface area contributed by atoms with Gasteiger partial charge in [-0.2, -0.15) is 4.31 Å². The van der Waals surface area contributed by atoms with E-state index < -0.39 is 22.1 Å². The van der Waals surface area contributed by atoms with Gasteiger partial charge in [-0.05, 0) is 50.2 Å². The summed E-state index contributed by atoms with van der Waals surface area (Å²) in [5.74, 6) is -0.456. The lowest BCUT2D eigenvalue weighted by atomic mass is 10.2. The summed E-state index contributed by atoms with van der Waals surface area (Å²) in [5, 5.41) is 0. The Kier molecular flexibility index (Phi) is 4.32. The van der Waals surface area contributed by atoms with E-state index in [2.05, 4.69) is 9.30 Å². The van der Waals surface area contributed by atoms with Crippen molar-refractivity contribution < 1.29 is 26.3 Å². The molecule has 3 rings (SSSR count). The minimum atomic E-state index is -4.81. The zero-order chi connectivity index (χ0) is 18.4. The van der Waals surface area contributed by atoms with Crippen LogP contribution in [0.15, 0.2) is 41.3 Å². The lowest BCUT2D eigenvalue weighted by Gasteiger charge is -2.34. The van der Waals surface area contributed by atoms with E-state index in [1.54, 1.807) is 6.92 Å². The number of nitrogens with zero attached hydrogens (tertiary/aromatic N) is 2. The maximum Gasteiger partial charge on any atom is 0.573 e. The van der Waals surface area contributed by atoms with E-state index in [4.69, 9.17) is 0 Å². The summed E-state index contributed by atoms with van der Waals surface area (Å²) in [6, 6.07) is 7.72. The minimum Gasteiger partial charge on any atom is -0.406 e. The number of ether oxygens (including phenoxy) is 1. The molecule has 0 saturated heterocycles. The number of alkyl halides is 3. The molecule has 2 aromatic rings. The topological polar surface area (TPSA) is 51.5 Å². The average Bonchev–Trinajstić information content (AvgIpc) is 2.89. The summed E-state index contributed by atoms with van der Waals surface area (Å²) in [6.07, 6.45) is -4.81. The van der Waals surface area contributed by atoms with Gasteiger partial charge in [0.05, 0.1) is 10.9 Å². The number of halogens is 3. The van der Waals surface area contributed by atoms with Crippen LogP contribution in [0.5, 0.6) is 5.75 Å². The Balaban J connectivity index is 1.87. The molecule has 1 aliphatic rings. The second-order valence-corrected chi connectivity index (χ2v) is 7.75. The lowest BCUT2D eigenvalue weighted by Crippen LogP contribution is -2.40. The third-order valence-corrected chi connectivity index (χ3v) is 6.28. The molecule has 0 amide bonds. The lowest BCUT2D eigenvalue weighted by molar-refractivity contribution is -0.274. The predicted molar refractivity (Wildman–Crippen MR) is 84.6 cm³/mol. The molecule has 1 aliphatic heterocycles. The molecule has 0 N–H and O–H groups in total. The molecule has 0 spiro atoms. The van der Waals surface area contributed by atoms with E-state index in [1.807, 2.05) is 19.1 Å². The molecule has 0 fully saturated rings. The van der Waals surface area contributed by atoms with Crippen molar-refractivity contribution in [3.8, 4) is 5.75 Å². The molecule has 25 heavy (non-hydrogen) atoms. The quantitative estimate of drug-likeness (QED) is 0.827. The average molecular weight is 374 g/mol. The first-order valence-corrected chi connectivity index (χ1v) is 9.07. The number of hydrogen-bond donors (Lipinski definition) is 0. The first kappa shape index (κ1) is 17.8. The van der Waals surface area contributed by atoms with Crippen LogP contribution in [-0.2, 0) is 16.6 Å². The number of aromatic nitrogens is 1. The highest BCUT2D eigenvalue weighted by atomic mass is 32.2. The zero-order valence-corrected chi connectivity index (χ0v) is 14.4. The molecular formula is C16H17F3N2O3S. The van der Waals surface area contributed by atoms with E-state index in [-0.39, 0.29) is 10.9 Å². The van der Waals surface area contributed by atoms with Gasteiger partial charge in [-0.1, -0.05) is 0 Å². The first-order valence-electron chi connectivity index (χ1n) is 7.63. The molecule has 0 radical (unpaired) electrons. The Morgan fingerprint density at radius 1 is 1.08 bits per heavy atom. The Morgan fingerprint density at radius 2 is 1.72 bits per heavy atom. The van der Waals surface area contributed by atoms with E-state index in [9.17, 15) is 21.6 Å². The van der Waals surface area contributed by atoms with Crippen molar-refractivity contribution in [1.29, 1.82) is 0 Å². The number of hydrogen-bond acceptors (Lipinski definition) is 3. The zero-order valence-electron chi connectivity index (χ0n) is 13.6.